The monoisotopic (exact) mass is 353 g/mol. The number of hydrogen-bond acceptors (Lipinski definition) is 3. The Labute approximate surface area is 154 Å². The number of ether oxygens (including phenoxy) is 2. The third-order valence-corrected chi connectivity index (χ3v) is 4.93. The molecule has 25 heavy (non-hydrogen) atoms. The van der Waals surface area contributed by atoms with Crippen LogP contribution in [0, 0.1) is 17.3 Å². The fourth-order valence-electron chi connectivity index (χ4n) is 3.45. The van der Waals surface area contributed by atoms with Crippen LogP contribution in [0.1, 0.15) is 59.8 Å². The number of hydrogen-bond donors (Lipinski definition) is 2. The molecule has 2 N–H and O–H groups in total. The summed E-state index contributed by atoms with van der Waals surface area (Å²) in [6, 6.07) is 0. The number of aliphatic imine (C=N–C) groups is 1. The van der Waals surface area contributed by atoms with Crippen LogP contribution in [0.2, 0.25) is 0 Å². The van der Waals surface area contributed by atoms with E-state index in [-0.39, 0.29) is 5.41 Å². The lowest BCUT2D eigenvalue weighted by molar-refractivity contribution is -0.0823. The Balaban J connectivity index is 1.72. The maximum absolute atomic E-state index is 6.07. The highest BCUT2D eigenvalue weighted by molar-refractivity contribution is 5.79. The van der Waals surface area contributed by atoms with E-state index < -0.39 is 0 Å². The summed E-state index contributed by atoms with van der Waals surface area (Å²) < 4.78 is 11.8. The molecule has 2 rings (SSSR count). The highest BCUT2D eigenvalue weighted by Crippen LogP contribution is 2.34. The second kappa shape index (κ2) is 10.4. The lowest BCUT2D eigenvalue weighted by Gasteiger charge is -2.39. The van der Waals surface area contributed by atoms with Gasteiger partial charge in [-0.15, -0.1) is 0 Å². The van der Waals surface area contributed by atoms with Crippen molar-refractivity contribution < 1.29 is 9.47 Å². The summed E-state index contributed by atoms with van der Waals surface area (Å²) in [5.74, 6) is 2.27. The Morgan fingerprint density at radius 2 is 2.00 bits per heavy atom. The van der Waals surface area contributed by atoms with Gasteiger partial charge in [0.25, 0.3) is 0 Å². The van der Waals surface area contributed by atoms with Crippen LogP contribution in [0.15, 0.2) is 4.99 Å². The molecule has 1 heterocycles. The van der Waals surface area contributed by atoms with E-state index in [9.17, 15) is 0 Å². The highest BCUT2D eigenvalue weighted by atomic mass is 16.5. The summed E-state index contributed by atoms with van der Waals surface area (Å²) in [6.45, 7) is 14.2. The third kappa shape index (κ3) is 7.95. The number of rotatable bonds is 9. The quantitative estimate of drug-likeness (QED) is 0.380. The molecule has 0 spiro atoms. The third-order valence-electron chi connectivity index (χ3n) is 4.93. The molecule has 2 aliphatic rings. The first-order valence-electron chi connectivity index (χ1n) is 10.2. The molecule has 5 nitrogen and oxygen atoms in total. The molecule has 146 valence electrons. The molecule has 2 fully saturated rings. The SMILES string of the molecule is CCNC(=NCC1CCCOC1C(C)(C)C)NCCCOCC1CC1. The van der Waals surface area contributed by atoms with Crippen molar-refractivity contribution in [3.05, 3.63) is 0 Å². The van der Waals surface area contributed by atoms with E-state index in [2.05, 4.69) is 38.3 Å². The van der Waals surface area contributed by atoms with Crippen LogP contribution >= 0.6 is 0 Å². The van der Waals surface area contributed by atoms with E-state index >= 15 is 0 Å². The minimum absolute atomic E-state index is 0.172. The maximum Gasteiger partial charge on any atom is 0.191 e. The van der Waals surface area contributed by atoms with E-state index in [0.717, 1.165) is 64.2 Å². The first-order chi connectivity index (χ1) is 12.0. The van der Waals surface area contributed by atoms with Gasteiger partial charge >= 0.3 is 0 Å². The summed E-state index contributed by atoms with van der Waals surface area (Å²) in [7, 11) is 0. The van der Waals surface area contributed by atoms with E-state index in [1.165, 1.54) is 19.3 Å². The van der Waals surface area contributed by atoms with Crippen LogP contribution < -0.4 is 10.6 Å². The Bertz CT molecular complexity index is 402. The van der Waals surface area contributed by atoms with E-state index in [1.54, 1.807) is 0 Å². The second-order valence-corrected chi connectivity index (χ2v) is 8.58. The van der Waals surface area contributed by atoms with Gasteiger partial charge in [-0.2, -0.15) is 0 Å². The van der Waals surface area contributed by atoms with Crippen molar-refractivity contribution in [1.82, 2.24) is 10.6 Å². The lowest BCUT2D eigenvalue weighted by Crippen LogP contribution is -2.43. The van der Waals surface area contributed by atoms with E-state index in [1.807, 2.05) is 0 Å². The van der Waals surface area contributed by atoms with Gasteiger partial charge in [0.1, 0.15) is 0 Å². The maximum atomic E-state index is 6.07. The summed E-state index contributed by atoms with van der Waals surface area (Å²) in [6.07, 6.45) is 6.39. The minimum atomic E-state index is 0.172. The summed E-state index contributed by atoms with van der Waals surface area (Å²) in [5.41, 5.74) is 0.172. The predicted octanol–water partition coefficient (Wildman–Crippen LogP) is 3.20. The first kappa shape index (κ1) is 20.5. The molecular weight excluding hydrogens is 314 g/mol. The Hall–Kier alpha value is -0.810. The van der Waals surface area contributed by atoms with Gasteiger partial charge in [-0.1, -0.05) is 20.8 Å². The number of nitrogens with zero attached hydrogens (tertiary/aromatic N) is 1. The first-order valence-corrected chi connectivity index (χ1v) is 10.2. The van der Waals surface area contributed by atoms with Crippen molar-refractivity contribution >= 4 is 5.96 Å². The normalized spacial score (nSPS) is 25.0. The zero-order valence-corrected chi connectivity index (χ0v) is 16.8. The number of guanidine groups is 1. The fourth-order valence-corrected chi connectivity index (χ4v) is 3.45. The molecule has 0 radical (unpaired) electrons. The molecule has 1 saturated carbocycles. The average Bonchev–Trinajstić information content (AvgIpc) is 3.39. The average molecular weight is 354 g/mol. The Morgan fingerprint density at radius 3 is 2.68 bits per heavy atom. The van der Waals surface area contributed by atoms with Crippen molar-refractivity contribution in [2.45, 2.75) is 65.9 Å². The van der Waals surface area contributed by atoms with Gasteiger partial charge in [0, 0.05) is 45.4 Å². The molecule has 1 saturated heterocycles. The molecule has 0 aromatic rings. The zero-order chi connectivity index (χ0) is 18.1. The van der Waals surface area contributed by atoms with Gasteiger partial charge in [-0.3, -0.25) is 4.99 Å². The topological polar surface area (TPSA) is 54.9 Å². The van der Waals surface area contributed by atoms with Crippen molar-refractivity contribution in [3.8, 4) is 0 Å². The molecular formula is C20H39N3O2. The van der Waals surface area contributed by atoms with Crippen molar-refractivity contribution in [3.63, 3.8) is 0 Å². The van der Waals surface area contributed by atoms with Crippen LogP contribution in [0.4, 0.5) is 0 Å². The van der Waals surface area contributed by atoms with Crippen LogP contribution in [0.5, 0.6) is 0 Å². The van der Waals surface area contributed by atoms with Crippen LogP contribution in [0.25, 0.3) is 0 Å². The van der Waals surface area contributed by atoms with Crippen molar-refractivity contribution in [1.29, 1.82) is 0 Å². The lowest BCUT2D eigenvalue weighted by atomic mass is 9.78. The fraction of sp³-hybridized carbons (Fsp3) is 0.950. The minimum Gasteiger partial charge on any atom is -0.381 e. The molecule has 5 heteroatoms. The summed E-state index contributed by atoms with van der Waals surface area (Å²) >= 11 is 0. The molecule has 0 bridgehead atoms. The smallest absolute Gasteiger partial charge is 0.191 e. The molecule has 1 aliphatic carbocycles. The van der Waals surface area contributed by atoms with E-state index in [4.69, 9.17) is 14.5 Å². The van der Waals surface area contributed by atoms with Gasteiger partial charge in [-0.25, -0.2) is 0 Å². The second-order valence-electron chi connectivity index (χ2n) is 8.58. The van der Waals surface area contributed by atoms with Gasteiger partial charge in [0.2, 0.25) is 0 Å². The largest absolute Gasteiger partial charge is 0.381 e. The van der Waals surface area contributed by atoms with Gasteiger partial charge in [0.15, 0.2) is 5.96 Å². The Kier molecular flexibility index (Phi) is 8.50. The zero-order valence-electron chi connectivity index (χ0n) is 16.8. The highest BCUT2D eigenvalue weighted by Gasteiger charge is 2.35. The van der Waals surface area contributed by atoms with Gasteiger partial charge in [0.05, 0.1) is 6.10 Å². The molecule has 2 unspecified atom stereocenters. The van der Waals surface area contributed by atoms with Gasteiger partial charge < -0.3 is 20.1 Å². The predicted molar refractivity (Wildman–Crippen MR) is 104 cm³/mol. The molecule has 1 aliphatic heterocycles. The number of nitrogens with one attached hydrogen (secondary N) is 2. The van der Waals surface area contributed by atoms with Gasteiger partial charge in [-0.05, 0) is 50.4 Å². The van der Waals surface area contributed by atoms with E-state index in [0.29, 0.717) is 12.0 Å². The molecule has 0 aromatic carbocycles. The standard InChI is InChI=1S/C20H39N3O2/c1-5-21-19(22-11-7-12-24-15-16-9-10-16)23-14-17-8-6-13-25-18(17)20(2,3)4/h16-18H,5-15H2,1-4H3,(H2,21,22,23). The molecule has 0 amide bonds. The van der Waals surface area contributed by atoms with Crippen molar-refractivity contribution in [2.24, 2.45) is 22.2 Å². The molecule has 2 atom stereocenters. The van der Waals surface area contributed by atoms with Crippen LogP contribution in [-0.2, 0) is 9.47 Å². The summed E-state index contributed by atoms with van der Waals surface area (Å²) in [5, 5.41) is 6.79. The van der Waals surface area contributed by atoms with Crippen LogP contribution in [-0.4, -0.2) is 51.5 Å². The molecule has 0 aromatic heterocycles. The Morgan fingerprint density at radius 1 is 1.20 bits per heavy atom. The van der Waals surface area contributed by atoms with Crippen LogP contribution in [0.3, 0.4) is 0 Å². The van der Waals surface area contributed by atoms with Crippen molar-refractivity contribution in [2.75, 3.05) is 39.5 Å². The summed E-state index contributed by atoms with van der Waals surface area (Å²) in [4.78, 5) is 4.83.